The van der Waals surface area contributed by atoms with Crippen molar-refractivity contribution in [3.05, 3.63) is 0 Å². The number of rotatable bonds is 1. The lowest BCUT2D eigenvalue weighted by molar-refractivity contribution is -0.231. The number of hydrogen-bond donors (Lipinski definition) is 1. The second kappa shape index (κ2) is 6.64. The summed E-state index contributed by atoms with van der Waals surface area (Å²) in [6.45, 7) is 19.1. The molecule has 5 aliphatic carbocycles. The maximum atomic E-state index is 14.3. The third-order valence-corrected chi connectivity index (χ3v) is 13.4. The summed E-state index contributed by atoms with van der Waals surface area (Å²) in [7, 11) is 0. The Kier molecular flexibility index (Phi) is 4.85. The third kappa shape index (κ3) is 2.66. The highest BCUT2D eigenvalue weighted by Crippen LogP contribution is 2.77. The predicted octanol–water partition coefficient (Wildman–Crippen LogP) is 7.43. The van der Waals surface area contributed by atoms with Crippen LogP contribution >= 0.6 is 0 Å². The zero-order chi connectivity index (χ0) is 23.5. The molecule has 5 aliphatic rings. The number of carbonyl (C=O) groups excluding carboxylic acids is 1. The highest BCUT2D eigenvalue weighted by Gasteiger charge is 2.73. The Bertz CT molecular complexity index is 806. The van der Waals surface area contributed by atoms with E-state index in [1.165, 1.54) is 51.4 Å². The summed E-state index contributed by atoms with van der Waals surface area (Å²) in [6.07, 6.45) is 12.0. The standard InChI is InChI=1S/C30H50O2/c1-25(2)14-9-15-28(6)22-11-10-21-27(5)16-12-19(26(3,4)32)20(27)13-17-29(21,7)30(22,8)24(31)18-23(25)28/h19-23,32H,9-18H2,1-8H3. The zero-order valence-electron chi connectivity index (χ0n) is 22.3. The van der Waals surface area contributed by atoms with E-state index in [2.05, 4.69) is 41.5 Å². The van der Waals surface area contributed by atoms with Crippen molar-refractivity contribution < 1.29 is 9.90 Å². The number of aliphatic hydroxyl groups is 1. The molecule has 0 amide bonds. The molecule has 5 rings (SSSR count). The number of hydrogen-bond acceptors (Lipinski definition) is 2. The Balaban J connectivity index is 1.56. The molecule has 0 aromatic rings. The summed E-state index contributed by atoms with van der Waals surface area (Å²) >= 11 is 0. The second-order valence-electron chi connectivity index (χ2n) is 15.3. The van der Waals surface area contributed by atoms with Gasteiger partial charge in [-0.15, -0.1) is 0 Å². The molecule has 0 saturated heterocycles. The lowest BCUT2D eigenvalue weighted by Crippen LogP contribution is -2.69. The van der Waals surface area contributed by atoms with E-state index >= 15 is 0 Å². The van der Waals surface area contributed by atoms with E-state index < -0.39 is 5.60 Å². The van der Waals surface area contributed by atoms with Gasteiger partial charge in [0.05, 0.1) is 5.60 Å². The summed E-state index contributed by atoms with van der Waals surface area (Å²) in [4.78, 5) is 14.3. The number of fused-ring (bicyclic) bond motifs is 7. The van der Waals surface area contributed by atoms with Crippen LogP contribution in [0.2, 0.25) is 0 Å². The molecule has 5 saturated carbocycles. The summed E-state index contributed by atoms with van der Waals surface area (Å²) in [6, 6.07) is 0. The van der Waals surface area contributed by atoms with Crippen LogP contribution in [0.15, 0.2) is 0 Å². The maximum Gasteiger partial charge on any atom is 0.139 e. The molecule has 32 heavy (non-hydrogen) atoms. The molecule has 9 atom stereocenters. The Morgan fingerprint density at radius 1 is 0.781 bits per heavy atom. The summed E-state index contributed by atoms with van der Waals surface area (Å²) in [5.74, 6) is 3.32. The van der Waals surface area contributed by atoms with Gasteiger partial charge in [0, 0.05) is 11.8 Å². The average molecular weight is 443 g/mol. The predicted molar refractivity (Wildman–Crippen MR) is 131 cm³/mol. The highest BCUT2D eigenvalue weighted by molar-refractivity contribution is 5.87. The normalized spacial score (nSPS) is 54.9. The molecule has 0 bridgehead atoms. The van der Waals surface area contributed by atoms with Gasteiger partial charge >= 0.3 is 0 Å². The fourth-order valence-electron chi connectivity index (χ4n) is 11.8. The van der Waals surface area contributed by atoms with Gasteiger partial charge in [0.1, 0.15) is 5.78 Å². The topological polar surface area (TPSA) is 37.3 Å². The first-order valence-electron chi connectivity index (χ1n) is 13.9. The van der Waals surface area contributed by atoms with Crippen LogP contribution in [0.4, 0.5) is 0 Å². The van der Waals surface area contributed by atoms with Gasteiger partial charge in [-0.1, -0.05) is 48.0 Å². The van der Waals surface area contributed by atoms with Crippen LogP contribution in [-0.2, 0) is 4.79 Å². The molecule has 182 valence electrons. The fraction of sp³-hybridized carbons (Fsp3) is 0.967. The monoisotopic (exact) mass is 442 g/mol. The van der Waals surface area contributed by atoms with Crippen molar-refractivity contribution in [2.75, 3.05) is 0 Å². The van der Waals surface area contributed by atoms with Gasteiger partial charge < -0.3 is 5.11 Å². The van der Waals surface area contributed by atoms with Crippen LogP contribution < -0.4 is 0 Å². The van der Waals surface area contributed by atoms with Gasteiger partial charge in [-0.2, -0.15) is 0 Å². The van der Waals surface area contributed by atoms with E-state index in [1.54, 1.807) is 0 Å². The minimum Gasteiger partial charge on any atom is -0.390 e. The van der Waals surface area contributed by atoms with Crippen molar-refractivity contribution in [1.29, 1.82) is 0 Å². The van der Waals surface area contributed by atoms with Crippen molar-refractivity contribution in [2.24, 2.45) is 56.7 Å². The van der Waals surface area contributed by atoms with E-state index in [0.29, 0.717) is 40.8 Å². The van der Waals surface area contributed by atoms with E-state index in [0.717, 1.165) is 12.8 Å². The summed E-state index contributed by atoms with van der Waals surface area (Å²) < 4.78 is 0. The third-order valence-electron chi connectivity index (χ3n) is 13.4. The van der Waals surface area contributed by atoms with Crippen LogP contribution in [-0.4, -0.2) is 16.5 Å². The smallest absolute Gasteiger partial charge is 0.139 e. The molecule has 0 aromatic heterocycles. The molecule has 0 heterocycles. The Hall–Kier alpha value is -0.370. The quantitative estimate of drug-likeness (QED) is 0.458. The minimum absolute atomic E-state index is 0.0995. The molecule has 5 fully saturated rings. The van der Waals surface area contributed by atoms with Crippen LogP contribution in [0, 0.1) is 56.7 Å². The van der Waals surface area contributed by atoms with E-state index in [9.17, 15) is 9.90 Å². The maximum absolute atomic E-state index is 14.3. The van der Waals surface area contributed by atoms with Crippen LogP contribution in [0.25, 0.3) is 0 Å². The largest absolute Gasteiger partial charge is 0.390 e. The molecular formula is C30H50O2. The van der Waals surface area contributed by atoms with Gasteiger partial charge in [-0.3, -0.25) is 4.79 Å². The zero-order valence-corrected chi connectivity index (χ0v) is 22.3. The van der Waals surface area contributed by atoms with Crippen molar-refractivity contribution >= 4 is 5.78 Å². The van der Waals surface area contributed by atoms with E-state index in [1.807, 2.05) is 13.8 Å². The van der Waals surface area contributed by atoms with Gasteiger partial charge in [-0.05, 0) is 116 Å². The van der Waals surface area contributed by atoms with Gasteiger partial charge in [0.25, 0.3) is 0 Å². The number of carbonyl (C=O) groups is 1. The van der Waals surface area contributed by atoms with Crippen LogP contribution in [0.3, 0.4) is 0 Å². The lowest BCUT2D eigenvalue weighted by Gasteiger charge is -2.72. The van der Waals surface area contributed by atoms with Gasteiger partial charge in [0.2, 0.25) is 0 Å². The first-order valence-corrected chi connectivity index (χ1v) is 13.9. The van der Waals surface area contributed by atoms with Crippen molar-refractivity contribution in [3.63, 3.8) is 0 Å². The molecule has 9 unspecified atom stereocenters. The second-order valence-corrected chi connectivity index (χ2v) is 15.3. The first-order chi connectivity index (χ1) is 14.6. The number of Topliss-reactive ketones (excluding diaryl/α,β-unsaturated/α-hetero) is 1. The number of ketones is 1. The lowest BCUT2D eigenvalue weighted by atomic mass is 9.31. The highest BCUT2D eigenvalue weighted by atomic mass is 16.3. The average Bonchev–Trinajstić information content (AvgIpc) is 3.02. The van der Waals surface area contributed by atoms with E-state index in [-0.39, 0.29) is 21.7 Å². The Morgan fingerprint density at radius 3 is 2.09 bits per heavy atom. The Labute approximate surface area is 197 Å². The molecule has 1 N–H and O–H groups in total. The molecule has 0 aliphatic heterocycles. The van der Waals surface area contributed by atoms with E-state index in [4.69, 9.17) is 0 Å². The van der Waals surface area contributed by atoms with Crippen molar-refractivity contribution in [3.8, 4) is 0 Å². The van der Waals surface area contributed by atoms with Crippen molar-refractivity contribution in [1.82, 2.24) is 0 Å². The summed E-state index contributed by atoms with van der Waals surface area (Å²) in [5, 5.41) is 11.0. The SMILES string of the molecule is CC(C)(O)C1CCC2(C)C1CCC1(C)C2CCC2C3(C)CCCC(C)(C)C3CC(=O)C21C. The molecule has 2 nitrogen and oxygen atoms in total. The van der Waals surface area contributed by atoms with Gasteiger partial charge in [0.15, 0.2) is 0 Å². The summed E-state index contributed by atoms with van der Waals surface area (Å²) in [5.41, 5.74) is 0.192. The minimum atomic E-state index is -0.591. The van der Waals surface area contributed by atoms with Crippen LogP contribution in [0.5, 0.6) is 0 Å². The molecule has 0 radical (unpaired) electrons. The molecule has 0 spiro atoms. The van der Waals surface area contributed by atoms with Crippen LogP contribution in [0.1, 0.15) is 120 Å². The molecule has 2 heteroatoms. The van der Waals surface area contributed by atoms with Crippen molar-refractivity contribution in [2.45, 2.75) is 125 Å². The van der Waals surface area contributed by atoms with Gasteiger partial charge in [-0.25, -0.2) is 0 Å². The molecular weight excluding hydrogens is 392 g/mol. The fourth-order valence-corrected chi connectivity index (χ4v) is 11.8. The molecule has 0 aromatic carbocycles. The Morgan fingerprint density at radius 2 is 1.44 bits per heavy atom. The first kappa shape index (κ1) is 23.4.